The molecule has 0 radical (unpaired) electrons. The molecule has 0 aliphatic heterocycles. The summed E-state index contributed by atoms with van der Waals surface area (Å²) in [6, 6.07) is 13.5. The van der Waals surface area contributed by atoms with Crippen molar-refractivity contribution in [2.24, 2.45) is 0 Å². The highest BCUT2D eigenvalue weighted by Crippen LogP contribution is 2.32. The van der Waals surface area contributed by atoms with Gasteiger partial charge in [-0.1, -0.05) is 35.5 Å². The van der Waals surface area contributed by atoms with E-state index in [1.807, 2.05) is 43.3 Å². The Morgan fingerprint density at radius 1 is 1.15 bits per heavy atom. The Balaban J connectivity index is 1.94. The van der Waals surface area contributed by atoms with Crippen molar-refractivity contribution in [3.05, 3.63) is 65.0 Å². The van der Waals surface area contributed by atoms with E-state index in [-0.39, 0.29) is 5.69 Å². The summed E-state index contributed by atoms with van der Waals surface area (Å²) in [4.78, 5) is 11.2. The van der Waals surface area contributed by atoms with Crippen molar-refractivity contribution in [3.63, 3.8) is 0 Å². The van der Waals surface area contributed by atoms with Crippen molar-refractivity contribution < 1.29 is 19.4 Å². The maximum atomic E-state index is 11.2. The Bertz CT molecular complexity index is 935. The summed E-state index contributed by atoms with van der Waals surface area (Å²) < 4.78 is 12.8. The quantitative estimate of drug-likeness (QED) is 0.732. The minimum Gasteiger partial charge on any atom is -0.494 e. The molecule has 0 aliphatic rings. The number of benzene rings is 2. The van der Waals surface area contributed by atoms with Crippen molar-refractivity contribution in [1.29, 1.82) is 0 Å². The number of carboxylic acid groups (broad SMARTS) is 1. The van der Waals surface area contributed by atoms with E-state index in [1.165, 1.54) is 4.68 Å². The molecule has 2 aromatic carbocycles. The van der Waals surface area contributed by atoms with Crippen LogP contribution in [0.15, 0.2) is 42.5 Å². The zero-order valence-corrected chi connectivity index (χ0v) is 14.8. The van der Waals surface area contributed by atoms with Crippen molar-refractivity contribution in [2.75, 3.05) is 7.11 Å². The number of carboxylic acids is 1. The van der Waals surface area contributed by atoms with E-state index in [9.17, 15) is 4.79 Å². The molecule has 0 spiro atoms. The molecule has 1 heterocycles. The van der Waals surface area contributed by atoms with Crippen LogP contribution in [0.3, 0.4) is 0 Å². The normalized spacial score (nSPS) is 10.6. The van der Waals surface area contributed by atoms with Gasteiger partial charge < -0.3 is 14.6 Å². The second-order valence-electron chi connectivity index (χ2n) is 5.80. The van der Waals surface area contributed by atoms with E-state index in [2.05, 4.69) is 10.3 Å². The van der Waals surface area contributed by atoms with E-state index in [0.29, 0.717) is 29.5 Å². The molecule has 0 saturated carbocycles. The van der Waals surface area contributed by atoms with E-state index < -0.39 is 5.97 Å². The molecular formula is C19H19N3O4. The van der Waals surface area contributed by atoms with Crippen LogP contribution in [0.1, 0.15) is 27.3 Å². The molecule has 7 heteroatoms. The van der Waals surface area contributed by atoms with Gasteiger partial charge in [-0.3, -0.25) is 0 Å². The standard InChI is InChI=1S/C19H19N3O4/c1-12-9-15(22-13(2)18(19(23)24)20-21-22)17(25-3)10-16(12)26-11-14-7-5-4-6-8-14/h4-10H,11H2,1-3H3,(H,23,24). The highest BCUT2D eigenvalue weighted by Gasteiger charge is 2.19. The summed E-state index contributed by atoms with van der Waals surface area (Å²) in [5.41, 5.74) is 2.88. The minimum atomic E-state index is -1.12. The molecule has 1 N–H and O–H groups in total. The first-order valence-electron chi connectivity index (χ1n) is 8.02. The monoisotopic (exact) mass is 353 g/mol. The summed E-state index contributed by atoms with van der Waals surface area (Å²) in [5.74, 6) is 0.0848. The van der Waals surface area contributed by atoms with Crippen LogP contribution in [0.5, 0.6) is 11.5 Å². The molecule has 0 aliphatic carbocycles. The Labute approximate surface area is 150 Å². The summed E-state index contributed by atoms with van der Waals surface area (Å²) in [5, 5.41) is 16.8. The number of aryl methyl sites for hydroxylation is 1. The number of ether oxygens (including phenoxy) is 2. The molecule has 3 rings (SSSR count). The van der Waals surface area contributed by atoms with Gasteiger partial charge in [0.05, 0.1) is 12.8 Å². The molecule has 1 aromatic heterocycles. The predicted molar refractivity (Wildman–Crippen MR) is 95.1 cm³/mol. The van der Waals surface area contributed by atoms with Gasteiger partial charge in [0.25, 0.3) is 0 Å². The Kier molecular flexibility index (Phi) is 4.88. The predicted octanol–water partition coefficient (Wildman–Crippen LogP) is 3.17. The van der Waals surface area contributed by atoms with E-state index in [1.54, 1.807) is 20.1 Å². The topological polar surface area (TPSA) is 86.5 Å². The highest BCUT2D eigenvalue weighted by molar-refractivity contribution is 5.86. The molecule has 7 nitrogen and oxygen atoms in total. The first-order valence-corrected chi connectivity index (χ1v) is 8.02. The van der Waals surface area contributed by atoms with Crippen LogP contribution in [-0.2, 0) is 6.61 Å². The van der Waals surface area contributed by atoms with Crippen molar-refractivity contribution >= 4 is 5.97 Å². The lowest BCUT2D eigenvalue weighted by Gasteiger charge is -2.15. The highest BCUT2D eigenvalue weighted by atomic mass is 16.5. The Morgan fingerprint density at radius 2 is 1.88 bits per heavy atom. The smallest absolute Gasteiger partial charge is 0.358 e. The van der Waals surface area contributed by atoms with Gasteiger partial charge in [-0.2, -0.15) is 0 Å². The fourth-order valence-corrected chi connectivity index (χ4v) is 2.63. The van der Waals surface area contributed by atoms with Crippen LogP contribution in [0.2, 0.25) is 0 Å². The number of hydrogen-bond acceptors (Lipinski definition) is 5. The zero-order valence-electron chi connectivity index (χ0n) is 14.8. The lowest BCUT2D eigenvalue weighted by atomic mass is 10.1. The summed E-state index contributed by atoms with van der Waals surface area (Å²) in [7, 11) is 1.54. The van der Waals surface area contributed by atoms with Gasteiger partial charge in [0.1, 0.15) is 23.8 Å². The third-order valence-corrected chi connectivity index (χ3v) is 4.04. The van der Waals surface area contributed by atoms with Crippen LogP contribution in [-0.4, -0.2) is 33.2 Å². The molecule has 134 valence electrons. The van der Waals surface area contributed by atoms with E-state index >= 15 is 0 Å². The van der Waals surface area contributed by atoms with Gasteiger partial charge >= 0.3 is 5.97 Å². The summed E-state index contributed by atoms with van der Waals surface area (Å²) in [6.45, 7) is 4.00. The number of nitrogens with zero attached hydrogens (tertiary/aromatic N) is 3. The molecule has 0 atom stereocenters. The lowest BCUT2D eigenvalue weighted by molar-refractivity contribution is 0.0689. The van der Waals surface area contributed by atoms with Gasteiger partial charge in [-0.05, 0) is 31.0 Å². The van der Waals surface area contributed by atoms with Crippen LogP contribution in [0.4, 0.5) is 0 Å². The van der Waals surface area contributed by atoms with Gasteiger partial charge in [-0.25, -0.2) is 9.48 Å². The number of methoxy groups -OCH3 is 1. The molecule has 0 saturated heterocycles. The molecule has 0 unspecified atom stereocenters. The summed E-state index contributed by atoms with van der Waals surface area (Å²) in [6.07, 6.45) is 0. The van der Waals surface area contributed by atoms with Gasteiger partial charge in [0.2, 0.25) is 0 Å². The number of hydrogen-bond donors (Lipinski definition) is 1. The van der Waals surface area contributed by atoms with E-state index in [0.717, 1.165) is 11.1 Å². The van der Waals surface area contributed by atoms with Crippen LogP contribution >= 0.6 is 0 Å². The van der Waals surface area contributed by atoms with Crippen LogP contribution in [0.25, 0.3) is 5.69 Å². The fraction of sp³-hybridized carbons (Fsp3) is 0.211. The van der Waals surface area contributed by atoms with Crippen molar-refractivity contribution in [2.45, 2.75) is 20.5 Å². The first kappa shape index (κ1) is 17.5. The number of aromatic carboxylic acids is 1. The summed E-state index contributed by atoms with van der Waals surface area (Å²) >= 11 is 0. The Morgan fingerprint density at radius 3 is 2.50 bits per heavy atom. The lowest BCUT2D eigenvalue weighted by Crippen LogP contribution is -2.06. The first-order chi connectivity index (χ1) is 12.5. The van der Waals surface area contributed by atoms with Gasteiger partial charge in [-0.15, -0.1) is 5.10 Å². The van der Waals surface area contributed by atoms with Crippen LogP contribution < -0.4 is 9.47 Å². The van der Waals surface area contributed by atoms with Crippen molar-refractivity contribution in [3.8, 4) is 17.2 Å². The zero-order chi connectivity index (χ0) is 18.7. The second kappa shape index (κ2) is 7.26. The third kappa shape index (κ3) is 3.37. The fourth-order valence-electron chi connectivity index (χ4n) is 2.63. The maximum Gasteiger partial charge on any atom is 0.358 e. The second-order valence-corrected chi connectivity index (χ2v) is 5.80. The molecule has 0 fully saturated rings. The largest absolute Gasteiger partial charge is 0.494 e. The molecular weight excluding hydrogens is 334 g/mol. The average molecular weight is 353 g/mol. The molecule has 26 heavy (non-hydrogen) atoms. The Hall–Kier alpha value is -3.35. The number of carbonyl (C=O) groups is 1. The van der Waals surface area contributed by atoms with E-state index in [4.69, 9.17) is 14.6 Å². The third-order valence-electron chi connectivity index (χ3n) is 4.04. The minimum absolute atomic E-state index is 0.0888. The number of rotatable bonds is 6. The van der Waals surface area contributed by atoms with Crippen LogP contribution in [0, 0.1) is 13.8 Å². The SMILES string of the molecule is COc1cc(OCc2ccccc2)c(C)cc1-n1nnc(C(=O)O)c1C. The van der Waals surface area contributed by atoms with Gasteiger partial charge in [0.15, 0.2) is 5.69 Å². The van der Waals surface area contributed by atoms with Gasteiger partial charge in [0, 0.05) is 6.07 Å². The molecule has 3 aromatic rings. The maximum absolute atomic E-state index is 11.2. The average Bonchev–Trinajstić information content (AvgIpc) is 3.03. The number of aromatic nitrogens is 3. The van der Waals surface area contributed by atoms with Crippen molar-refractivity contribution in [1.82, 2.24) is 15.0 Å². The molecule has 0 amide bonds. The molecule has 0 bridgehead atoms.